The lowest BCUT2D eigenvalue weighted by atomic mass is 9.94. The Kier molecular flexibility index (Phi) is 12.5. The van der Waals surface area contributed by atoms with E-state index in [2.05, 4.69) is 57.4 Å². The molecule has 0 bridgehead atoms. The molecular formula is C27H39NO2. The van der Waals surface area contributed by atoms with Crippen LogP contribution in [0.5, 0.6) is 5.75 Å². The molecule has 0 aliphatic rings. The maximum atomic E-state index is 10.1. The number of hydrogen-bond donors (Lipinski definition) is 1. The molecule has 2 rings (SSSR count). The number of rotatable bonds is 11. The van der Waals surface area contributed by atoms with Crippen LogP contribution in [0.15, 0.2) is 54.6 Å². The van der Waals surface area contributed by atoms with E-state index in [-0.39, 0.29) is 0 Å². The first-order valence-corrected chi connectivity index (χ1v) is 11.2. The fourth-order valence-corrected chi connectivity index (χ4v) is 3.37. The number of nitrogens with zero attached hydrogens (tertiary/aromatic N) is 1. The van der Waals surface area contributed by atoms with E-state index in [1.165, 1.54) is 47.9 Å². The molecule has 0 atom stereocenters. The summed E-state index contributed by atoms with van der Waals surface area (Å²) < 4.78 is 0. The Morgan fingerprint density at radius 2 is 1.67 bits per heavy atom. The van der Waals surface area contributed by atoms with Crippen molar-refractivity contribution >= 4 is 6.29 Å². The van der Waals surface area contributed by atoms with Gasteiger partial charge in [-0.25, -0.2) is 0 Å². The van der Waals surface area contributed by atoms with Crippen molar-refractivity contribution in [1.29, 1.82) is 0 Å². The summed E-state index contributed by atoms with van der Waals surface area (Å²) in [5.41, 5.74) is 5.96. The van der Waals surface area contributed by atoms with Crippen molar-refractivity contribution < 1.29 is 9.90 Å². The number of carbonyl (C=O) groups excluding carboxylic acids is 1. The summed E-state index contributed by atoms with van der Waals surface area (Å²) in [5, 5.41) is 9.39. The van der Waals surface area contributed by atoms with Crippen LogP contribution in [-0.4, -0.2) is 35.9 Å². The highest BCUT2D eigenvalue weighted by atomic mass is 16.3. The molecule has 3 nitrogen and oxygen atoms in total. The summed E-state index contributed by atoms with van der Waals surface area (Å²) in [6, 6.07) is 14.3. The van der Waals surface area contributed by atoms with Gasteiger partial charge in [0, 0.05) is 6.54 Å². The number of phenolic OH excluding ortho intramolecular Hbond substituents is 1. The monoisotopic (exact) mass is 409 g/mol. The SMILES string of the molecule is C=C(C=O)CN(CC)CC.CCCCCc1ccc(-c2ccc(O)cc2)c(CC)c1. The van der Waals surface area contributed by atoms with Crippen LogP contribution >= 0.6 is 0 Å². The third-order valence-electron chi connectivity index (χ3n) is 5.29. The van der Waals surface area contributed by atoms with Gasteiger partial charge in [0.05, 0.1) is 0 Å². The zero-order chi connectivity index (χ0) is 22.4. The van der Waals surface area contributed by atoms with Crippen molar-refractivity contribution in [2.24, 2.45) is 0 Å². The summed E-state index contributed by atoms with van der Waals surface area (Å²) in [6.45, 7) is 14.8. The number of aromatic hydroxyl groups is 1. The zero-order valence-corrected chi connectivity index (χ0v) is 19.3. The largest absolute Gasteiger partial charge is 0.508 e. The van der Waals surface area contributed by atoms with Gasteiger partial charge in [-0.1, -0.05) is 77.4 Å². The molecule has 0 aliphatic carbocycles. The number of aryl methyl sites for hydroxylation is 2. The third kappa shape index (κ3) is 8.96. The van der Waals surface area contributed by atoms with Crippen LogP contribution in [-0.2, 0) is 17.6 Å². The van der Waals surface area contributed by atoms with Crippen molar-refractivity contribution in [2.75, 3.05) is 19.6 Å². The molecule has 0 spiro atoms. The molecule has 30 heavy (non-hydrogen) atoms. The molecule has 0 fully saturated rings. The molecule has 0 saturated carbocycles. The standard InChI is InChI=1S/C19H24O.C8H15NO/c1-3-5-6-7-15-8-13-19(16(4-2)14-15)17-9-11-18(20)12-10-17;1-4-9(5-2)6-8(3)7-10/h8-14,20H,3-7H2,1-2H3;7H,3-6H2,1-2H3. The van der Waals surface area contributed by atoms with Gasteiger partial charge < -0.3 is 5.11 Å². The predicted molar refractivity (Wildman–Crippen MR) is 129 cm³/mol. The van der Waals surface area contributed by atoms with Gasteiger partial charge in [-0.3, -0.25) is 9.69 Å². The van der Waals surface area contributed by atoms with Crippen LogP contribution in [0.1, 0.15) is 58.1 Å². The minimum atomic E-state index is 0.322. The van der Waals surface area contributed by atoms with E-state index >= 15 is 0 Å². The summed E-state index contributed by atoms with van der Waals surface area (Å²) in [5.74, 6) is 0.322. The first kappa shape index (κ1) is 25.6. The molecule has 0 unspecified atom stereocenters. The van der Waals surface area contributed by atoms with E-state index in [4.69, 9.17) is 0 Å². The normalized spacial score (nSPS) is 10.4. The molecule has 0 heterocycles. The van der Waals surface area contributed by atoms with Crippen LogP contribution in [0.4, 0.5) is 0 Å². The smallest absolute Gasteiger partial charge is 0.146 e. The average molecular weight is 410 g/mol. The minimum Gasteiger partial charge on any atom is -0.508 e. The summed E-state index contributed by atoms with van der Waals surface area (Å²) in [4.78, 5) is 12.3. The predicted octanol–water partition coefficient (Wildman–Crippen LogP) is 6.44. The highest BCUT2D eigenvalue weighted by Crippen LogP contribution is 2.27. The second-order valence-corrected chi connectivity index (χ2v) is 7.59. The lowest BCUT2D eigenvalue weighted by molar-refractivity contribution is -0.105. The van der Waals surface area contributed by atoms with Gasteiger partial charge in [-0.15, -0.1) is 0 Å². The van der Waals surface area contributed by atoms with E-state index in [0.29, 0.717) is 17.9 Å². The molecular weight excluding hydrogens is 370 g/mol. The Hall–Kier alpha value is -2.39. The number of aldehydes is 1. The fourth-order valence-electron chi connectivity index (χ4n) is 3.37. The Morgan fingerprint density at radius 1 is 1.00 bits per heavy atom. The topological polar surface area (TPSA) is 40.5 Å². The van der Waals surface area contributed by atoms with Gasteiger partial charge in [0.25, 0.3) is 0 Å². The molecule has 2 aromatic carbocycles. The summed E-state index contributed by atoms with van der Waals surface area (Å²) in [6.07, 6.45) is 6.89. The van der Waals surface area contributed by atoms with E-state index in [9.17, 15) is 9.90 Å². The van der Waals surface area contributed by atoms with Crippen molar-refractivity contribution in [1.82, 2.24) is 4.90 Å². The number of hydrogen-bond acceptors (Lipinski definition) is 3. The maximum absolute atomic E-state index is 10.1. The Labute approximate surface area is 183 Å². The Bertz CT molecular complexity index is 761. The first-order chi connectivity index (χ1) is 14.5. The van der Waals surface area contributed by atoms with E-state index in [1.807, 2.05) is 12.1 Å². The number of likely N-dealkylation sites (N-methyl/N-ethyl adjacent to an activating group) is 1. The number of benzene rings is 2. The molecule has 0 saturated heterocycles. The van der Waals surface area contributed by atoms with Crippen molar-refractivity contribution in [2.45, 2.75) is 59.8 Å². The van der Waals surface area contributed by atoms with Gasteiger partial charge in [-0.05, 0) is 72.3 Å². The first-order valence-electron chi connectivity index (χ1n) is 11.2. The van der Waals surface area contributed by atoms with Gasteiger partial charge in [0.2, 0.25) is 0 Å². The van der Waals surface area contributed by atoms with Crippen LogP contribution in [0, 0.1) is 0 Å². The van der Waals surface area contributed by atoms with Gasteiger partial charge in [0.1, 0.15) is 12.0 Å². The van der Waals surface area contributed by atoms with Gasteiger partial charge in [0.15, 0.2) is 0 Å². The Balaban J connectivity index is 0.000000382. The second-order valence-electron chi connectivity index (χ2n) is 7.59. The average Bonchev–Trinajstić information content (AvgIpc) is 2.78. The molecule has 1 N–H and O–H groups in total. The zero-order valence-electron chi connectivity index (χ0n) is 19.3. The number of unbranched alkanes of at least 4 members (excludes halogenated alkanes) is 2. The molecule has 0 aromatic heterocycles. The minimum absolute atomic E-state index is 0.322. The molecule has 0 amide bonds. The fraction of sp³-hybridized carbons (Fsp3) is 0.444. The van der Waals surface area contributed by atoms with Crippen LogP contribution in [0.3, 0.4) is 0 Å². The van der Waals surface area contributed by atoms with E-state index < -0.39 is 0 Å². The second kappa shape index (κ2) is 14.6. The number of phenols is 1. The third-order valence-corrected chi connectivity index (χ3v) is 5.29. The molecule has 2 aromatic rings. The Morgan fingerprint density at radius 3 is 2.20 bits per heavy atom. The summed E-state index contributed by atoms with van der Waals surface area (Å²) in [7, 11) is 0. The maximum Gasteiger partial charge on any atom is 0.146 e. The van der Waals surface area contributed by atoms with E-state index in [1.54, 1.807) is 12.1 Å². The molecule has 0 radical (unpaired) electrons. The van der Waals surface area contributed by atoms with Crippen molar-refractivity contribution in [3.05, 3.63) is 65.7 Å². The summed E-state index contributed by atoms with van der Waals surface area (Å²) >= 11 is 0. The lowest BCUT2D eigenvalue weighted by Crippen LogP contribution is -2.25. The van der Waals surface area contributed by atoms with Gasteiger partial charge in [-0.2, -0.15) is 0 Å². The van der Waals surface area contributed by atoms with Crippen molar-refractivity contribution in [3.8, 4) is 16.9 Å². The van der Waals surface area contributed by atoms with Crippen LogP contribution in [0.25, 0.3) is 11.1 Å². The van der Waals surface area contributed by atoms with E-state index in [0.717, 1.165) is 25.8 Å². The van der Waals surface area contributed by atoms with Crippen LogP contribution < -0.4 is 0 Å². The molecule has 0 aliphatic heterocycles. The highest BCUT2D eigenvalue weighted by Gasteiger charge is 2.05. The van der Waals surface area contributed by atoms with Crippen LogP contribution in [0.2, 0.25) is 0 Å². The molecule has 3 heteroatoms. The van der Waals surface area contributed by atoms with Gasteiger partial charge >= 0.3 is 0 Å². The lowest BCUT2D eigenvalue weighted by Gasteiger charge is -2.16. The van der Waals surface area contributed by atoms with Crippen molar-refractivity contribution in [3.63, 3.8) is 0 Å². The number of carbonyl (C=O) groups is 1. The quantitative estimate of drug-likeness (QED) is 0.264. The molecule has 164 valence electrons. The highest BCUT2D eigenvalue weighted by molar-refractivity contribution is 5.72.